The average molecular weight is 379 g/mol. The van der Waals surface area contributed by atoms with Gasteiger partial charge in [0.2, 0.25) is 0 Å². The molecule has 4 rings (SSSR count). The van der Waals surface area contributed by atoms with Crippen molar-refractivity contribution in [3.63, 3.8) is 0 Å². The zero-order valence-electron chi connectivity index (χ0n) is 14.5. The van der Waals surface area contributed by atoms with Crippen LogP contribution >= 0.6 is 0 Å². The van der Waals surface area contributed by atoms with Crippen molar-refractivity contribution < 1.29 is 18.3 Å². The summed E-state index contributed by atoms with van der Waals surface area (Å²) in [5, 5.41) is 11.8. The molecule has 0 fully saturated rings. The van der Waals surface area contributed by atoms with Crippen LogP contribution in [0.25, 0.3) is 10.9 Å². The summed E-state index contributed by atoms with van der Waals surface area (Å²) in [5.41, 5.74) is -0.142. The van der Waals surface area contributed by atoms with E-state index in [1.54, 1.807) is 54.6 Å². The van der Waals surface area contributed by atoms with E-state index in [9.17, 15) is 18.3 Å². The van der Waals surface area contributed by atoms with Crippen LogP contribution < -0.4 is 0 Å². The van der Waals surface area contributed by atoms with Crippen molar-refractivity contribution in [2.24, 2.45) is 0 Å². The van der Waals surface area contributed by atoms with Crippen LogP contribution in [0.4, 0.5) is 0 Å². The number of aliphatic hydroxyl groups is 1. The maximum absolute atomic E-state index is 13.4. The van der Waals surface area contributed by atoms with Gasteiger partial charge in [-0.1, -0.05) is 35.9 Å². The van der Waals surface area contributed by atoms with Crippen molar-refractivity contribution in [2.75, 3.05) is 0 Å². The molecule has 1 aromatic heterocycles. The van der Waals surface area contributed by atoms with Crippen LogP contribution in [0.2, 0.25) is 0 Å². The Morgan fingerprint density at radius 2 is 1.59 bits per heavy atom. The van der Waals surface area contributed by atoms with E-state index >= 15 is 0 Å². The molecule has 0 unspecified atom stereocenters. The lowest BCUT2D eigenvalue weighted by molar-refractivity contribution is -0.110. The molecule has 1 heterocycles. The molecule has 27 heavy (non-hydrogen) atoms. The SMILES string of the molecule is Cc1ccc(S(=O)(=O)n2c(C3(O)C=CC(=O)C=C3)cc3ccccc32)cc1. The Balaban J connectivity index is 2.02. The number of carbonyl (C=O) groups excluding carboxylic acids is 1. The third kappa shape index (κ3) is 2.83. The Bertz CT molecular complexity index is 1200. The summed E-state index contributed by atoms with van der Waals surface area (Å²) in [6.07, 6.45) is 5.09. The van der Waals surface area contributed by atoms with Gasteiger partial charge in [-0.2, -0.15) is 0 Å². The first-order chi connectivity index (χ1) is 12.8. The molecule has 5 nitrogen and oxygen atoms in total. The van der Waals surface area contributed by atoms with E-state index in [1.165, 1.54) is 24.3 Å². The molecule has 0 bridgehead atoms. The fourth-order valence-electron chi connectivity index (χ4n) is 3.18. The third-order valence-electron chi connectivity index (χ3n) is 4.64. The van der Waals surface area contributed by atoms with Crippen LogP contribution in [-0.4, -0.2) is 23.3 Å². The highest BCUT2D eigenvalue weighted by Crippen LogP contribution is 2.35. The Hall–Kier alpha value is -2.96. The lowest BCUT2D eigenvalue weighted by Crippen LogP contribution is -2.29. The quantitative estimate of drug-likeness (QED) is 0.759. The van der Waals surface area contributed by atoms with E-state index in [0.717, 1.165) is 9.54 Å². The number of rotatable bonds is 3. The number of para-hydroxylation sites is 1. The Kier molecular flexibility index (Phi) is 3.91. The molecule has 3 aromatic rings. The summed E-state index contributed by atoms with van der Waals surface area (Å²) >= 11 is 0. The van der Waals surface area contributed by atoms with Crippen molar-refractivity contribution in [3.8, 4) is 0 Å². The van der Waals surface area contributed by atoms with Crippen molar-refractivity contribution in [3.05, 3.63) is 90.2 Å². The highest BCUT2D eigenvalue weighted by molar-refractivity contribution is 7.90. The highest BCUT2D eigenvalue weighted by Gasteiger charge is 2.34. The number of aryl methyl sites for hydroxylation is 1. The first-order valence-electron chi connectivity index (χ1n) is 8.39. The summed E-state index contributed by atoms with van der Waals surface area (Å²) in [6, 6.07) is 15.2. The Labute approximate surface area is 156 Å². The Morgan fingerprint density at radius 1 is 0.963 bits per heavy atom. The van der Waals surface area contributed by atoms with Gasteiger partial charge in [-0.25, -0.2) is 12.4 Å². The predicted molar refractivity (Wildman–Crippen MR) is 103 cm³/mol. The van der Waals surface area contributed by atoms with Gasteiger partial charge in [-0.3, -0.25) is 4.79 Å². The molecule has 1 aliphatic rings. The number of nitrogens with zero attached hydrogens (tertiary/aromatic N) is 1. The van der Waals surface area contributed by atoms with Crippen LogP contribution in [0, 0.1) is 6.92 Å². The standard InChI is InChI=1S/C21H17NO4S/c1-15-6-8-18(9-7-15)27(25,26)22-19-5-3-2-4-16(19)14-20(22)21(24)12-10-17(23)11-13-21/h2-14,24H,1H3. The minimum Gasteiger partial charge on any atom is -0.376 e. The molecule has 0 saturated carbocycles. The van der Waals surface area contributed by atoms with E-state index in [1.807, 2.05) is 6.92 Å². The second kappa shape index (κ2) is 6.04. The Morgan fingerprint density at radius 3 is 2.26 bits per heavy atom. The van der Waals surface area contributed by atoms with E-state index < -0.39 is 15.6 Å². The molecule has 1 N–H and O–H groups in total. The molecule has 0 radical (unpaired) electrons. The van der Waals surface area contributed by atoms with Gasteiger partial charge in [0.15, 0.2) is 5.78 Å². The highest BCUT2D eigenvalue weighted by atomic mass is 32.2. The number of benzene rings is 2. The second-order valence-corrected chi connectivity index (χ2v) is 8.35. The molecule has 0 spiro atoms. The van der Waals surface area contributed by atoms with Crippen LogP contribution in [0.5, 0.6) is 0 Å². The lowest BCUT2D eigenvalue weighted by atomic mass is 9.94. The minimum absolute atomic E-state index is 0.124. The van der Waals surface area contributed by atoms with Crippen molar-refractivity contribution in [1.29, 1.82) is 0 Å². The van der Waals surface area contributed by atoms with Crippen LogP contribution in [-0.2, 0) is 20.4 Å². The molecule has 0 saturated heterocycles. The van der Waals surface area contributed by atoms with Gasteiger partial charge in [0.05, 0.1) is 16.1 Å². The van der Waals surface area contributed by atoms with Gasteiger partial charge in [-0.15, -0.1) is 0 Å². The summed E-state index contributed by atoms with van der Waals surface area (Å²) in [6.45, 7) is 1.88. The normalized spacial score (nSPS) is 16.1. The van der Waals surface area contributed by atoms with Crippen molar-refractivity contribution in [2.45, 2.75) is 17.4 Å². The first kappa shape index (κ1) is 17.5. The number of ketones is 1. The molecular weight excluding hydrogens is 362 g/mol. The largest absolute Gasteiger partial charge is 0.376 e. The topological polar surface area (TPSA) is 76.4 Å². The van der Waals surface area contributed by atoms with E-state index in [2.05, 4.69) is 0 Å². The zero-order valence-corrected chi connectivity index (χ0v) is 15.3. The molecular formula is C21H17NO4S. The molecule has 2 aromatic carbocycles. The van der Waals surface area contributed by atoms with Crippen molar-refractivity contribution >= 4 is 26.7 Å². The van der Waals surface area contributed by atoms with Gasteiger partial charge in [0.25, 0.3) is 10.0 Å². The number of hydrogen-bond donors (Lipinski definition) is 1. The zero-order chi connectivity index (χ0) is 19.2. The summed E-state index contributed by atoms with van der Waals surface area (Å²) in [5.74, 6) is -0.260. The number of carbonyl (C=O) groups is 1. The van der Waals surface area contributed by atoms with Gasteiger partial charge < -0.3 is 5.11 Å². The third-order valence-corrected chi connectivity index (χ3v) is 6.38. The molecule has 0 atom stereocenters. The van der Waals surface area contributed by atoms with Gasteiger partial charge >= 0.3 is 0 Å². The average Bonchev–Trinajstić information content (AvgIpc) is 3.06. The molecule has 6 heteroatoms. The molecule has 0 amide bonds. The smallest absolute Gasteiger partial charge is 0.268 e. The van der Waals surface area contributed by atoms with Crippen LogP contribution in [0.15, 0.2) is 83.8 Å². The maximum atomic E-state index is 13.4. The van der Waals surface area contributed by atoms with E-state index in [4.69, 9.17) is 0 Å². The van der Waals surface area contributed by atoms with Gasteiger partial charge in [-0.05, 0) is 55.5 Å². The molecule has 136 valence electrons. The number of fused-ring (bicyclic) bond motifs is 1. The predicted octanol–water partition coefficient (Wildman–Crippen LogP) is 3.07. The number of allylic oxidation sites excluding steroid dienone is 2. The monoisotopic (exact) mass is 379 g/mol. The van der Waals surface area contributed by atoms with E-state index in [0.29, 0.717) is 10.9 Å². The molecule has 1 aliphatic carbocycles. The number of hydrogen-bond acceptors (Lipinski definition) is 4. The van der Waals surface area contributed by atoms with Gasteiger partial charge in [0.1, 0.15) is 5.60 Å². The summed E-state index contributed by atoms with van der Waals surface area (Å²) in [4.78, 5) is 11.6. The fourth-order valence-corrected chi connectivity index (χ4v) is 4.76. The van der Waals surface area contributed by atoms with Gasteiger partial charge in [0, 0.05) is 5.39 Å². The number of aromatic nitrogens is 1. The summed E-state index contributed by atoms with van der Waals surface area (Å²) < 4.78 is 28.0. The summed E-state index contributed by atoms with van der Waals surface area (Å²) in [7, 11) is -3.97. The van der Waals surface area contributed by atoms with Crippen molar-refractivity contribution in [1.82, 2.24) is 3.97 Å². The second-order valence-electron chi connectivity index (χ2n) is 6.57. The first-order valence-corrected chi connectivity index (χ1v) is 9.83. The van der Waals surface area contributed by atoms with Crippen LogP contribution in [0.3, 0.4) is 0 Å². The van der Waals surface area contributed by atoms with Crippen LogP contribution in [0.1, 0.15) is 11.3 Å². The minimum atomic E-state index is -3.97. The maximum Gasteiger partial charge on any atom is 0.268 e. The van der Waals surface area contributed by atoms with E-state index in [-0.39, 0.29) is 16.4 Å². The fraction of sp³-hybridized carbons (Fsp3) is 0.0952. The molecule has 0 aliphatic heterocycles. The lowest BCUT2D eigenvalue weighted by Gasteiger charge is -2.24.